The number of anilines is 1. The summed E-state index contributed by atoms with van der Waals surface area (Å²) in [6, 6.07) is 0. The number of aliphatic imine (C=N–C) groups is 1. The van der Waals surface area contributed by atoms with Crippen LogP contribution in [0.1, 0.15) is 38.9 Å². The van der Waals surface area contributed by atoms with Crippen LogP contribution in [0.15, 0.2) is 29.0 Å². The summed E-state index contributed by atoms with van der Waals surface area (Å²) in [5.74, 6) is 0.0399. The normalized spacial score (nSPS) is 27.3. The number of rotatable bonds is 16. The molecule has 338 valence electrons. The van der Waals surface area contributed by atoms with E-state index in [1.807, 2.05) is 0 Å². The van der Waals surface area contributed by atoms with Gasteiger partial charge in [-0.2, -0.15) is 0 Å². The van der Waals surface area contributed by atoms with Gasteiger partial charge in [-0.3, -0.25) is 37.4 Å². The van der Waals surface area contributed by atoms with Crippen LogP contribution in [0.2, 0.25) is 0 Å². The first-order chi connectivity index (χ1) is 28.4. The molecule has 3 aromatic heterocycles. The number of nitrogens with zero attached hydrogens (tertiary/aromatic N) is 6. The van der Waals surface area contributed by atoms with E-state index < -0.39 is 121 Å². The molecule has 2 fully saturated rings. The molecule has 28 nitrogen and oxygen atoms in total. The maximum absolute atomic E-state index is 13.0. The van der Waals surface area contributed by atoms with Crippen LogP contribution >= 0.6 is 15.6 Å². The Hall–Kier alpha value is -4.38. The number of phosphoric acid groups is 2. The van der Waals surface area contributed by atoms with E-state index >= 15 is 0 Å². The highest BCUT2D eigenvalue weighted by atomic mass is 31.2. The Kier molecular flexibility index (Phi) is 13.4. The van der Waals surface area contributed by atoms with Crippen molar-refractivity contribution in [3.8, 4) is 0 Å². The lowest BCUT2D eigenvalue weighted by Gasteiger charge is -2.27. The van der Waals surface area contributed by atoms with Gasteiger partial charge in [0, 0.05) is 13.1 Å². The largest absolute Gasteiger partial charge is 0.472 e. The van der Waals surface area contributed by atoms with Gasteiger partial charge in [0.2, 0.25) is 18.0 Å². The highest BCUT2D eigenvalue weighted by molar-refractivity contribution is 7.47. The zero-order valence-corrected chi connectivity index (χ0v) is 34.9. The Morgan fingerprint density at radius 2 is 1.49 bits per heavy atom. The molecular formula is C31H49N11O17P2+2. The summed E-state index contributed by atoms with van der Waals surface area (Å²) in [4.78, 5) is 60.6. The number of hydrogen-bond acceptors (Lipinski definition) is 20. The number of H-pyrrole nitrogens is 2. The molecule has 0 aliphatic carbocycles. The lowest BCUT2D eigenvalue weighted by molar-refractivity contribution is -0.753. The lowest BCUT2D eigenvalue weighted by atomic mass is 10.1. The van der Waals surface area contributed by atoms with Crippen molar-refractivity contribution in [2.75, 3.05) is 45.3 Å². The summed E-state index contributed by atoms with van der Waals surface area (Å²) in [5.41, 5.74) is 10.8. The number of aryl methyl sites for hydroxylation is 1. The molecule has 0 spiro atoms. The summed E-state index contributed by atoms with van der Waals surface area (Å²) in [5, 5.41) is 45.5. The minimum Gasteiger partial charge on any atom is -0.444 e. The number of nitrogens with two attached hydrogens (primary N) is 2. The van der Waals surface area contributed by atoms with E-state index in [-0.39, 0.29) is 28.9 Å². The van der Waals surface area contributed by atoms with E-state index in [2.05, 4.69) is 31.8 Å². The van der Waals surface area contributed by atoms with Crippen LogP contribution in [0.5, 0.6) is 0 Å². The number of fused-ring (bicyclic) bond motifs is 2. The van der Waals surface area contributed by atoms with Gasteiger partial charge in [0.1, 0.15) is 42.2 Å². The van der Waals surface area contributed by atoms with Crippen molar-refractivity contribution >= 4 is 56.3 Å². The number of amides is 1. The fraction of sp³-hybridized carbons (Fsp3) is 0.613. The molecule has 2 saturated heterocycles. The van der Waals surface area contributed by atoms with E-state index in [1.54, 1.807) is 20.8 Å². The van der Waals surface area contributed by atoms with Gasteiger partial charge in [0.25, 0.3) is 17.5 Å². The fourth-order valence-corrected chi connectivity index (χ4v) is 7.93. The van der Waals surface area contributed by atoms with Crippen LogP contribution in [0.4, 0.5) is 16.6 Å². The quantitative estimate of drug-likeness (QED) is 0.0495. The number of nitrogen functional groups attached to an aromatic ring is 1. The zero-order chi connectivity index (χ0) is 44.8. The first-order valence-electron chi connectivity index (χ1n) is 18.4. The number of carbonyl (C=O) groups excluding carboxylic acids is 1. The van der Waals surface area contributed by atoms with Crippen LogP contribution in [-0.2, 0) is 48.5 Å². The number of aliphatic hydroxyl groups excluding tert-OH is 4. The number of guanidine groups is 1. The predicted molar refractivity (Wildman–Crippen MR) is 203 cm³/mol. The average molecular weight is 910 g/mol. The van der Waals surface area contributed by atoms with Gasteiger partial charge < -0.3 is 66.1 Å². The summed E-state index contributed by atoms with van der Waals surface area (Å²) in [6.07, 6.45) is -9.74. The maximum Gasteiger partial charge on any atom is 0.472 e. The van der Waals surface area contributed by atoms with Crippen molar-refractivity contribution in [2.45, 2.75) is 75.5 Å². The van der Waals surface area contributed by atoms with Gasteiger partial charge in [0.05, 0.1) is 39.2 Å². The van der Waals surface area contributed by atoms with E-state index in [0.717, 1.165) is 4.90 Å². The molecule has 10 atom stereocenters. The third-order valence-electron chi connectivity index (χ3n) is 9.32. The number of imidazole rings is 2. The number of aromatic nitrogens is 6. The average Bonchev–Trinajstić information content (AvgIpc) is 3.87. The van der Waals surface area contributed by atoms with Gasteiger partial charge in [-0.15, -0.1) is 0 Å². The Morgan fingerprint density at radius 3 is 2.03 bits per heavy atom. The minimum absolute atomic E-state index is 0.0189. The molecule has 61 heavy (non-hydrogen) atoms. The van der Waals surface area contributed by atoms with Crippen molar-refractivity contribution < 1.29 is 85.6 Å². The number of carbonyl (C=O) groups is 1. The number of ether oxygens (including phenoxy) is 3. The molecule has 30 heteroatoms. The topological polar surface area (TPSA) is 391 Å². The molecule has 0 aromatic carbocycles. The van der Waals surface area contributed by atoms with Gasteiger partial charge in [-0.1, -0.05) is 16.6 Å². The van der Waals surface area contributed by atoms with Crippen molar-refractivity contribution in [1.82, 2.24) is 29.7 Å². The monoisotopic (exact) mass is 909 g/mol. The van der Waals surface area contributed by atoms with E-state index in [4.69, 9.17) is 43.8 Å². The summed E-state index contributed by atoms with van der Waals surface area (Å²) >= 11 is 0. The molecule has 6 rings (SSSR count). The van der Waals surface area contributed by atoms with Crippen LogP contribution in [0.3, 0.4) is 0 Å². The number of aromatic amines is 2. The number of hydrogen-bond donors (Lipinski definition) is 11. The maximum atomic E-state index is 13.0. The standard InChI is InChI=1S/C31H47N11O17P2/c1-14-17-23(36-28(32)35-14)41(12-34-17)26-21(45)19(43)15(57-26)10-55-60(49,50)53-8-6-40(30(48)59-31(2,3)4)7-9-54-61(51,52)56-11-16-20(44)22(46)27(58-16)42-13-39(5)18-24(42)37-29(33)38-25(18)47/h12-13,15-16,19-22,26-27,43-46H,1,6-11H2,2-5H3,(H7-,32,33,35,36,37,38,47,49,50,51,52)/p+2/t15?,16-,19-,20-,21-,22-,26-,27?/m1/s1. The van der Waals surface area contributed by atoms with Crippen LogP contribution in [0, 0.1) is 0 Å². The van der Waals surface area contributed by atoms with Gasteiger partial charge >= 0.3 is 33.2 Å². The number of phosphoric ester groups is 2. The van der Waals surface area contributed by atoms with E-state index in [0.29, 0.717) is 11.4 Å². The van der Waals surface area contributed by atoms with Crippen molar-refractivity contribution in [2.24, 2.45) is 17.8 Å². The second kappa shape index (κ2) is 17.8. The first-order valence-corrected chi connectivity index (χ1v) is 21.4. The second-order valence-corrected chi connectivity index (χ2v) is 17.9. The van der Waals surface area contributed by atoms with Crippen molar-refractivity contribution in [3.05, 3.63) is 35.3 Å². The zero-order valence-electron chi connectivity index (χ0n) is 33.1. The molecular weight excluding hydrogens is 860 g/mol. The lowest BCUT2D eigenvalue weighted by Crippen LogP contribution is -2.46. The predicted octanol–water partition coefficient (Wildman–Crippen LogP) is -3.29. The molecule has 6 heterocycles. The molecule has 3 aliphatic rings. The molecule has 0 radical (unpaired) electrons. The summed E-state index contributed by atoms with van der Waals surface area (Å²) in [7, 11) is -8.28. The molecule has 0 saturated carbocycles. The van der Waals surface area contributed by atoms with Gasteiger partial charge in [-0.05, 0) is 20.8 Å². The Bertz CT molecular complexity index is 2310. The molecule has 3 aliphatic heterocycles. The highest BCUT2D eigenvalue weighted by Crippen LogP contribution is 2.45. The number of aliphatic hydroxyl groups is 4. The molecule has 13 N–H and O–H groups in total. The third-order valence-corrected chi connectivity index (χ3v) is 11.3. The number of nitrogens with one attached hydrogen (secondary N) is 3. The van der Waals surface area contributed by atoms with E-state index in [9.17, 15) is 48.9 Å². The van der Waals surface area contributed by atoms with Crippen molar-refractivity contribution in [3.63, 3.8) is 0 Å². The first kappa shape index (κ1) is 46.1. The Labute approximate surface area is 345 Å². The molecule has 0 bridgehead atoms. The van der Waals surface area contributed by atoms with Crippen LogP contribution < -0.4 is 31.5 Å². The van der Waals surface area contributed by atoms with Crippen LogP contribution in [0.25, 0.3) is 16.9 Å². The molecule has 3 aromatic rings. The molecule has 1 amide bonds. The smallest absolute Gasteiger partial charge is 0.444 e. The van der Waals surface area contributed by atoms with Gasteiger partial charge in [0.15, 0.2) is 18.3 Å². The van der Waals surface area contributed by atoms with Crippen molar-refractivity contribution in [1.29, 1.82) is 0 Å². The summed E-state index contributed by atoms with van der Waals surface area (Å²) < 4.78 is 66.6. The highest BCUT2D eigenvalue weighted by Gasteiger charge is 2.49. The van der Waals surface area contributed by atoms with Crippen LogP contribution in [-0.4, -0.2) is 148 Å². The Balaban J connectivity index is 0.993. The third kappa shape index (κ3) is 10.5. The minimum atomic E-state index is -4.92. The SMILES string of the molecule is C=C1NC(N)=Nc2c1[nH]c[n+]2[C@@H]1OC(COP(=O)(O)OCCN(CCOP(=O)(O)OC[C@H]2OC([n+]3cn(C)c4c(=O)[nH]c(N)nc43)[C@H](O)[C@@H]2O)C(=O)OC(C)(C)C)[C@@H](O)[C@H]1O. The Morgan fingerprint density at radius 1 is 0.951 bits per heavy atom. The van der Waals surface area contributed by atoms with Gasteiger partial charge in [-0.25, -0.2) is 23.1 Å². The fourth-order valence-electron chi connectivity index (χ4n) is 6.49. The van der Waals surface area contributed by atoms with E-state index in [1.165, 1.54) is 33.4 Å². The second-order valence-electron chi connectivity index (χ2n) is 15.0. The molecule has 4 unspecified atom stereocenters. The summed E-state index contributed by atoms with van der Waals surface area (Å²) in [6.45, 7) is 4.95.